The molecule has 0 radical (unpaired) electrons. The summed E-state index contributed by atoms with van der Waals surface area (Å²) in [6, 6.07) is 8.43. The first-order valence-electron chi connectivity index (χ1n) is 4.73. The van der Waals surface area contributed by atoms with Gasteiger partial charge in [0.25, 0.3) is 0 Å². The Labute approximate surface area is 98.5 Å². The van der Waals surface area contributed by atoms with Crippen molar-refractivity contribution < 1.29 is 9.90 Å². The summed E-state index contributed by atoms with van der Waals surface area (Å²) in [6.45, 7) is 0.260. The number of carboxylic acid groups (broad SMARTS) is 1. The van der Waals surface area contributed by atoms with Crippen LogP contribution in [-0.4, -0.2) is 17.6 Å². The van der Waals surface area contributed by atoms with E-state index in [0.717, 1.165) is 5.56 Å². The standard InChI is InChI=1S/C11H11ClN2O2/c12-9-3-1-8(2-4-9)10(7-13)14-6-5-11(15)16/h1-4,10,14H,5-6H2,(H,15,16). The van der Waals surface area contributed by atoms with Gasteiger partial charge in [0.15, 0.2) is 0 Å². The molecule has 1 aromatic carbocycles. The van der Waals surface area contributed by atoms with Gasteiger partial charge in [0.1, 0.15) is 6.04 Å². The van der Waals surface area contributed by atoms with Crippen molar-refractivity contribution >= 4 is 17.6 Å². The highest BCUT2D eigenvalue weighted by atomic mass is 35.5. The number of benzene rings is 1. The molecule has 0 aromatic heterocycles. The number of carboxylic acids is 1. The third kappa shape index (κ3) is 3.89. The van der Waals surface area contributed by atoms with E-state index in [2.05, 4.69) is 11.4 Å². The van der Waals surface area contributed by atoms with Gasteiger partial charge >= 0.3 is 5.97 Å². The molecule has 0 amide bonds. The van der Waals surface area contributed by atoms with Gasteiger partial charge in [-0.1, -0.05) is 23.7 Å². The van der Waals surface area contributed by atoms with Gasteiger partial charge in [0, 0.05) is 11.6 Å². The van der Waals surface area contributed by atoms with E-state index in [1.165, 1.54) is 0 Å². The Kier molecular flexibility index (Phi) is 4.77. The Hall–Kier alpha value is -1.57. The molecule has 16 heavy (non-hydrogen) atoms. The van der Waals surface area contributed by atoms with E-state index in [1.54, 1.807) is 24.3 Å². The van der Waals surface area contributed by atoms with Crippen molar-refractivity contribution in [2.24, 2.45) is 0 Å². The van der Waals surface area contributed by atoms with Crippen molar-refractivity contribution in [3.8, 4) is 6.07 Å². The summed E-state index contributed by atoms with van der Waals surface area (Å²) in [7, 11) is 0. The third-order valence-corrected chi connectivity index (χ3v) is 2.27. The van der Waals surface area contributed by atoms with Crippen LogP contribution < -0.4 is 5.32 Å². The molecule has 0 aliphatic rings. The molecule has 0 aliphatic heterocycles. The van der Waals surface area contributed by atoms with Crippen LogP contribution >= 0.6 is 11.6 Å². The van der Waals surface area contributed by atoms with Gasteiger partial charge in [0.05, 0.1) is 12.5 Å². The topological polar surface area (TPSA) is 73.1 Å². The lowest BCUT2D eigenvalue weighted by atomic mass is 10.1. The highest BCUT2D eigenvalue weighted by Gasteiger charge is 2.09. The molecule has 0 spiro atoms. The van der Waals surface area contributed by atoms with E-state index in [1.807, 2.05) is 0 Å². The third-order valence-electron chi connectivity index (χ3n) is 2.02. The Morgan fingerprint density at radius 3 is 2.62 bits per heavy atom. The van der Waals surface area contributed by atoms with Gasteiger partial charge in [0.2, 0.25) is 0 Å². The van der Waals surface area contributed by atoms with Crippen molar-refractivity contribution in [3.63, 3.8) is 0 Å². The molecule has 0 heterocycles. The number of hydrogen-bond donors (Lipinski definition) is 2. The fourth-order valence-corrected chi connectivity index (χ4v) is 1.34. The number of carbonyl (C=O) groups is 1. The van der Waals surface area contributed by atoms with Crippen molar-refractivity contribution in [2.75, 3.05) is 6.54 Å². The Morgan fingerprint density at radius 1 is 1.50 bits per heavy atom. The number of nitrogens with zero attached hydrogens (tertiary/aromatic N) is 1. The number of halogens is 1. The van der Waals surface area contributed by atoms with Crippen molar-refractivity contribution in [1.29, 1.82) is 5.26 Å². The Balaban J connectivity index is 2.58. The van der Waals surface area contributed by atoms with Gasteiger partial charge in [-0.3, -0.25) is 10.1 Å². The molecule has 5 heteroatoms. The van der Waals surface area contributed by atoms with E-state index >= 15 is 0 Å². The summed E-state index contributed by atoms with van der Waals surface area (Å²) in [5, 5.41) is 20.8. The first kappa shape index (κ1) is 12.5. The molecule has 0 bridgehead atoms. The minimum absolute atomic E-state index is 0.00816. The van der Waals surface area contributed by atoms with Crippen LogP contribution in [0.1, 0.15) is 18.0 Å². The summed E-state index contributed by atoms with van der Waals surface area (Å²) < 4.78 is 0. The van der Waals surface area contributed by atoms with Crippen LogP contribution in [0.25, 0.3) is 0 Å². The van der Waals surface area contributed by atoms with Crippen LogP contribution in [0, 0.1) is 11.3 Å². The van der Waals surface area contributed by atoms with Crippen molar-refractivity contribution in [1.82, 2.24) is 5.32 Å². The van der Waals surface area contributed by atoms with E-state index in [4.69, 9.17) is 22.0 Å². The monoisotopic (exact) mass is 238 g/mol. The maximum atomic E-state index is 10.3. The molecule has 0 fully saturated rings. The van der Waals surface area contributed by atoms with Gasteiger partial charge < -0.3 is 5.11 Å². The highest BCUT2D eigenvalue weighted by Crippen LogP contribution is 2.15. The van der Waals surface area contributed by atoms with E-state index in [0.29, 0.717) is 5.02 Å². The lowest BCUT2D eigenvalue weighted by molar-refractivity contribution is -0.136. The molecule has 4 nitrogen and oxygen atoms in total. The average molecular weight is 239 g/mol. The number of nitriles is 1. The van der Waals surface area contributed by atoms with Crippen LogP contribution in [0.5, 0.6) is 0 Å². The number of aliphatic carboxylic acids is 1. The lowest BCUT2D eigenvalue weighted by Gasteiger charge is -2.10. The summed E-state index contributed by atoms with van der Waals surface area (Å²) in [4.78, 5) is 10.3. The molecule has 1 rings (SSSR count). The van der Waals surface area contributed by atoms with Crippen LogP contribution in [0.2, 0.25) is 5.02 Å². The second-order valence-corrected chi connectivity index (χ2v) is 3.65. The maximum absolute atomic E-state index is 10.3. The second kappa shape index (κ2) is 6.11. The van der Waals surface area contributed by atoms with Crippen molar-refractivity contribution in [2.45, 2.75) is 12.5 Å². The second-order valence-electron chi connectivity index (χ2n) is 3.21. The van der Waals surface area contributed by atoms with Crippen molar-refractivity contribution in [3.05, 3.63) is 34.9 Å². The van der Waals surface area contributed by atoms with Crippen LogP contribution in [-0.2, 0) is 4.79 Å². The molecule has 0 aliphatic carbocycles. The molecule has 1 atom stereocenters. The Morgan fingerprint density at radius 2 is 2.12 bits per heavy atom. The smallest absolute Gasteiger partial charge is 0.304 e. The predicted octanol–water partition coefficient (Wildman–Crippen LogP) is 1.97. The zero-order valence-corrected chi connectivity index (χ0v) is 9.24. The van der Waals surface area contributed by atoms with Crippen LogP contribution in [0.15, 0.2) is 24.3 Å². The fraction of sp³-hybridized carbons (Fsp3) is 0.273. The van der Waals surface area contributed by atoms with E-state index in [9.17, 15) is 4.79 Å². The molecule has 84 valence electrons. The summed E-state index contributed by atoms with van der Waals surface area (Å²) in [5.74, 6) is -0.889. The zero-order chi connectivity index (χ0) is 12.0. The van der Waals surface area contributed by atoms with Crippen LogP contribution in [0.3, 0.4) is 0 Å². The van der Waals surface area contributed by atoms with E-state index in [-0.39, 0.29) is 13.0 Å². The lowest BCUT2D eigenvalue weighted by Crippen LogP contribution is -2.22. The van der Waals surface area contributed by atoms with E-state index < -0.39 is 12.0 Å². The van der Waals surface area contributed by atoms with Gasteiger partial charge in [-0.2, -0.15) is 5.26 Å². The summed E-state index contributed by atoms with van der Waals surface area (Å²) in [5.41, 5.74) is 0.775. The molecule has 0 saturated carbocycles. The number of rotatable bonds is 5. The normalized spacial score (nSPS) is 11.8. The maximum Gasteiger partial charge on any atom is 0.304 e. The first-order valence-corrected chi connectivity index (χ1v) is 5.11. The van der Waals surface area contributed by atoms with Gasteiger partial charge in [-0.15, -0.1) is 0 Å². The largest absolute Gasteiger partial charge is 0.481 e. The van der Waals surface area contributed by atoms with Gasteiger partial charge in [-0.25, -0.2) is 0 Å². The minimum atomic E-state index is -0.889. The fourth-order valence-electron chi connectivity index (χ4n) is 1.22. The number of hydrogen-bond acceptors (Lipinski definition) is 3. The number of nitrogens with one attached hydrogen (secondary N) is 1. The molecule has 1 aromatic rings. The van der Waals surface area contributed by atoms with Crippen LogP contribution in [0.4, 0.5) is 0 Å². The average Bonchev–Trinajstić information content (AvgIpc) is 2.26. The summed E-state index contributed by atoms with van der Waals surface area (Å²) in [6.07, 6.45) is -0.00816. The molecule has 2 N–H and O–H groups in total. The Bertz CT molecular complexity index is 397. The molecule has 1 unspecified atom stereocenters. The molecule has 0 saturated heterocycles. The highest BCUT2D eigenvalue weighted by molar-refractivity contribution is 6.30. The molecular weight excluding hydrogens is 228 g/mol. The quantitative estimate of drug-likeness (QED) is 0.823. The SMILES string of the molecule is N#CC(NCCC(=O)O)c1ccc(Cl)cc1. The summed E-state index contributed by atoms with van der Waals surface area (Å²) >= 11 is 5.72. The predicted molar refractivity (Wildman–Crippen MR) is 60.1 cm³/mol. The molecular formula is C11H11ClN2O2. The van der Waals surface area contributed by atoms with Gasteiger partial charge in [-0.05, 0) is 17.7 Å². The minimum Gasteiger partial charge on any atom is -0.481 e. The first-order chi connectivity index (χ1) is 7.63. The zero-order valence-electron chi connectivity index (χ0n) is 8.48.